The van der Waals surface area contributed by atoms with Crippen molar-refractivity contribution in [3.8, 4) is 0 Å². The lowest BCUT2D eigenvalue weighted by Crippen LogP contribution is -2.41. The second kappa shape index (κ2) is 4.62. The minimum atomic E-state index is 0.132. The lowest BCUT2D eigenvalue weighted by Gasteiger charge is -2.37. The van der Waals surface area contributed by atoms with Crippen LogP contribution in [0.4, 0.5) is 5.69 Å². The van der Waals surface area contributed by atoms with E-state index < -0.39 is 0 Å². The Morgan fingerprint density at radius 1 is 1.47 bits per heavy atom. The van der Waals surface area contributed by atoms with Crippen LogP contribution < -0.4 is 10.6 Å². The molecule has 0 aliphatic rings. The molecule has 2 N–H and O–H groups in total. The molecule has 0 atom stereocenters. The monoisotopic (exact) mass is 207 g/mol. The third-order valence-corrected chi connectivity index (χ3v) is 3.24. The van der Waals surface area contributed by atoms with Crippen LogP contribution in [0.2, 0.25) is 0 Å². The Bertz CT molecular complexity index is 320. The predicted molar refractivity (Wildman–Crippen MR) is 64.9 cm³/mol. The normalized spacial score (nSPS) is 11.5. The molecular weight excluding hydrogens is 186 g/mol. The van der Waals surface area contributed by atoms with E-state index >= 15 is 0 Å². The summed E-state index contributed by atoms with van der Waals surface area (Å²) >= 11 is 0. The van der Waals surface area contributed by atoms with Crippen LogP contribution in [-0.2, 0) is 6.54 Å². The third kappa shape index (κ3) is 2.48. The van der Waals surface area contributed by atoms with E-state index in [9.17, 15) is 0 Å². The Balaban J connectivity index is 3.05. The van der Waals surface area contributed by atoms with E-state index in [0.717, 1.165) is 17.7 Å². The van der Waals surface area contributed by atoms with Crippen molar-refractivity contribution in [1.82, 2.24) is 4.98 Å². The molecule has 84 valence electrons. The van der Waals surface area contributed by atoms with Gasteiger partial charge in [-0.1, -0.05) is 6.92 Å². The highest BCUT2D eigenvalue weighted by molar-refractivity contribution is 5.52. The predicted octanol–water partition coefficient (Wildman–Crippen LogP) is 2.17. The summed E-state index contributed by atoms with van der Waals surface area (Å²) in [6.07, 6.45) is 4.76. The van der Waals surface area contributed by atoms with E-state index in [1.54, 1.807) is 6.20 Å². The number of pyridine rings is 1. The zero-order valence-electron chi connectivity index (χ0n) is 10.1. The van der Waals surface area contributed by atoms with Gasteiger partial charge in [0.15, 0.2) is 0 Å². The fraction of sp³-hybridized carbons (Fsp3) is 0.583. The molecule has 0 aromatic carbocycles. The smallest absolute Gasteiger partial charge is 0.0600 e. The van der Waals surface area contributed by atoms with Crippen molar-refractivity contribution in [2.45, 2.75) is 39.3 Å². The van der Waals surface area contributed by atoms with E-state index in [4.69, 9.17) is 5.73 Å². The Labute approximate surface area is 92.3 Å². The number of rotatable bonds is 4. The first kappa shape index (κ1) is 12.0. The van der Waals surface area contributed by atoms with Crippen LogP contribution >= 0.6 is 0 Å². The van der Waals surface area contributed by atoms with E-state index in [-0.39, 0.29) is 5.54 Å². The molecule has 15 heavy (non-hydrogen) atoms. The van der Waals surface area contributed by atoms with Crippen molar-refractivity contribution in [1.29, 1.82) is 0 Å². The van der Waals surface area contributed by atoms with Gasteiger partial charge < -0.3 is 10.6 Å². The van der Waals surface area contributed by atoms with Crippen LogP contribution in [-0.4, -0.2) is 17.6 Å². The molecule has 0 aliphatic heterocycles. The summed E-state index contributed by atoms with van der Waals surface area (Å²) in [6, 6.07) is 1.98. The number of hydrogen-bond acceptors (Lipinski definition) is 3. The van der Waals surface area contributed by atoms with Crippen molar-refractivity contribution in [2.75, 3.05) is 11.9 Å². The second-order valence-corrected chi connectivity index (χ2v) is 4.43. The van der Waals surface area contributed by atoms with Gasteiger partial charge in [0.1, 0.15) is 0 Å². The Morgan fingerprint density at radius 2 is 2.13 bits per heavy atom. The van der Waals surface area contributed by atoms with Gasteiger partial charge in [0.05, 0.1) is 11.9 Å². The first-order valence-electron chi connectivity index (χ1n) is 5.39. The van der Waals surface area contributed by atoms with Crippen molar-refractivity contribution in [2.24, 2.45) is 5.73 Å². The first-order chi connectivity index (χ1) is 7.03. The average Bonchev–Trinajstić information content (AvgIpc) is 2.28. The maximum Gasteiger partial charge on any atom is 0.0600 e. The summed E-state index contributed by atoms with van der Waals surface area (Å²) in [4.78, 5) is 6.42. The van der Waals surface area contributed by atoms with Crippen molar-refractivity contribution in [3.05, 3.63) is 24.0 Å². The molecule has 0 aliphatic carbocycles. The summed E-state index contributed by atoms with van der Waals surface area (Å²) in [5, 5.41) is 0. The van der Waals surface area contributed by atoms with Gasteiger partial charge >= 0.3 is 0 Å². The summed E-state index contributed by atoms with van der Waals surface area (Å²) < 4.78 is 0. The first-order valence-corrected chi connectivity index (χ1v) is 5.39. The van der Waals surface area contributed by atoms with Gasteiger partial charge in [0.2, 0.25) is 0 Å². The highest BCUT2D eigenvalue weighted by Gasteiger charge is 2.22. The second-order valence-electron chi connectivity index (χ2n) is 4.43. The maximum atomic E-state index is 5.72. The molecule has 0 unspecified atom stereocenters. The fourth-order valence-corrected chi connectivity index (χ4v) is 1.45. The van der Waals surface area contributed by atoms with Crippen LogP contribution in [0.25, 0.3) is 0 Å². The van der Waals surface area contributed by atoms with E-state index in [1.165, 1.54) is 0 Å². The van der Waals surface area contributed by atoms with Crippen molar-refractivity contribution in [3.63, 3.8) is 0 Å². The molecule has 1 aromatic rings. The van der Waals surface area contributed by atoms with Crippen molar-refractivity contribution < 1.29 is 0 Å². The van der Waals surface area contributed by atoms with Gasteiger partial charge in [-0.05, 0) is 31.9 Å². The van der Waals surface area contributed by atoms with E-state index in [1.807, 2.05) is 12.3 Å². The standard InChI is InChI=1S/C12H21N3/c1-5-12(2,3)15(4)11-9-14-7-6-10(11)8-13/h6-7,9H,5,8,13H2,1-4H3. The third-order valence-electron chi connectivity index (χ3n) is 3.24. The number of nitrogens with two attached hydrogens (primary N) is 1. The van der Waals surface area contributed by atoms with Crippen LogP contribution in [0.5, 0.6) is 0 Å². The van der Waals surface area contributed by atoms with Crippen molar-refractivity contribution >= 4 is 5.69 Å². The molecule has 0 amide bonds. The fourth-order valence-electron chi connectivity index (χ4n) is 1.45. The molecule has 1 rings (SSSR count). The van der Waals surface area contributed by atoms with Crippen LogP contribution in [0.3, 0.4) is 0 Å². The molecule has 0 spiro atoms. The van der Waals surface area contributed by atoms with Crippen LogP contribution in [0.1, 0.15) is 32.8 Å². The van der Waals surface area contributed by atoms with Gasteiger partial charge in [0.25, 0.3) is 0 Å². The molecule has 0 saturated carbocycles. The molecule has 3 nitrogen and oxygen atoms in total. The topological polar surface area (TPSA) is 42.2 Å². The maximum absolute atomic E-state index is 5.72. The SMILES string of the molecule is CCC(C)(C)N(C)c1cnccc1CN. The number of hydrogen-bond donors (Lipinski definition) is 1. The summed E-state index contributed by atoms with van der Waals surface area (Å²) in [6.45, 7) is 7.19. The molecule has 0 bridgehead atoms. The van der Waals surface area contributed by atoms with E-state index in [0.29, 0.717) is 6.54 Å². The quantitative estimate of drug-likeness (QED) is 0.822. The average molecular weight is 207 g/mol. The Kier molecular flexibility index (Phi) is 3.69. The van der Waals surface area contributed by atoms with Gasteiger partial charge in [-0.3, -0.25) is 4.98 Å². The molecule has 0 saturated heterocycles. The summed E-state index contributed by atoms with van der Waals surface area (Å²) in [5.74, 6) is 0. The summed E-state index contributed by atoms with van der Waals surface area (Å²) in [5.41, 5.74) is 8.13. The molecular formula is C12H21N3. The largest absolute Gasteiger partial charge is 0.368 e. The molecule has 0 fully saturated rings. The van der Waals surface area contributed by atoms with Crippen LogP contribution in [0, 0.1) is 0 Å². The number of anilines is 1. The van der Waals surface area contributed by atoms with Gasteiger partial charge in [-0.15, -0.1) is 0 Å². The minimum Gasteiger partial charge on any atom is -0.368 e. The molecule has 1 heterocycles. The molecule has 1 aromatic heterocycles. The van der Waals surface area contributed by atoms with Gasteiger partial charge in [0, 0.05) is 25.3 Å². The number of aromatic nitrogens is 1. The summed E-state index contributed by atoms with van der Waals surface area (Å²) in [7, 11) is 2.10. The molecule has 0 radical (unpaired) electrons. The Morgan fingerprint density at radius 3 is 2.67 bits per heavy atom. The zero-order valence-corrected chi connectivity index (χ0v) is 10.1. The highest BCUT2D eigenvalue weighted by Crippen LogP contribution is 2.26. The highest BCUT2D eigenvalue weighted by atomic mass is 15.2. The lowest BCUT2D eigenvalue weighted by molar-refractivity contribution is 0.469. The minimum absolute atomic E-state index is 0.132. The lowest BCUT2D eigenvalue weighted by atomic mass is 9.98. The van der Waals surface area contributed by atoms with Crippen LogP contribution in [0.15, 0.2) is 18.5 Å². The molecule has 3 heteroatoms. The van der Waals surface area contributed by atoms with Gasteiger partial charge in [-0.25, -0.2) is 0 Å². The number of nitrogens with zero attached hydrogens (tertiary/aromatic N) is 2. The van der Waals surface area contributed by atoms with Gasteiger partial charge in [-0.2, -0.15) is 0 Å². The van der Waals surface area contributed by atoms with E-state index in [2.05, 4.69) is 37.7 Å². The zero-order chi connectivity index (χ0) is 11.5. The Hall–Kier alpha value is -1.09.